The quantitative estimate of drug-likeness (QED) is 0.375. The van der Waals surface area contributed by atoms with Gasteiger partial charge in [0.2, 0.25) is 0 Å². The zero-order chi connectivity index (χ0) is 4.28. The minimum Gasteiger partial charge on any atom is -0.194 e. The van der Waals surface area contributed by atoms with E-state index in [0.29, 0.717) is 5.70 Å². The lowest BCUT2D eigenvalue weighted by Crippen LogP contribution is -1.46. The van der Waals surface area contributed by atoms with E-state index >= 15 is 0 Å². The molecule has 0 heterocycles. The highest BCUT2D eigenvalue weighted by Gasteiger charge is 1.76. The lowest BCUT2D eigenvalue weighted by molar-refractivity contribution is 1.79. The zero-order valence-corrected chi connectivity index (χ0v) is 2.86. The molecule has 0 bridgehead atoms. The maximum absolute atomic E-state index is 6.12. The van der Waals surface area contributed by atoms with Crippen molar-refractivity contribution in [1.29, 1.82) is 0 Å². The highest BCUT2D eigenvalue weighted by Crippen LogP contribution is 1.80. The van der Waals surface area contributed by atoms with Gasteiger partial charge < -0.3 is 0 Å². The molecule has 0 aromatic rings. The van der Waals surface area contributed by atoms with Crippen LogP contribution in [0, 0.1) is 13.5 Å². The highest BCUT2D eigenvalue weighted by atomic mass is 14.6. The van der Waals surface area contributed by atoms with Crippen molar-refractivity contribution < 1.29 is 0 Å². The SMILES string of the molecule is [C-]#[N+]C(=C)[CH2+]. The van der Waals surface area contributed by atoms with Crippen LogP contribution in [0.1, 0.15) is 0 Å². The Bertz CT molecular complexity index is 76.1. The molecule has 24 valence electrons. The Kier molecular flexibility index (Phi) is 1.17. The molecule has 0 fully saturated rings. The van der Waals surface area contributed by atoms with Gasteiger partial charge in [-0.05, 0) is 0 Å². The van der Waals surface area contributed by atoms with Crippen LogP contribution < -0.4 is 0 Å². The van der Waals surface area contributed by atoms with Gasteiger partial charge in [-0.1, -0.05) is 0 Å². The van der Waals surface area contributed by atoms with Gasteiger partial charge in [0.25, 0.3) is 0 Å². The van der Waals surface area contributed by atoms with Crippen LogP contribution in [0.25, 0.3) is 4.85 Å². The largest absolute Gasteiger partial charge is 0.324 e. The van der Waals surface area contributed by atoms with Crippen LogP contribution in [0.15, 0.2) is 12.3 Å². The van der Waals surface area contributed by atoms with Crippen LogP contribution in [-0.4, -0.2) is 0 Å². The summed E-state index contributed by atoms with van der Waals surface area (Å²) in [6.07, 6.45) is 0. The molecular weight excluding hydrogens is 62.1 g/mol. The molecule has 5 heavy (non-hydrogen) atoms. The van der Waals surface area contributed by atoms with E-state index < -0.39 is 0 Å². The van der Waals surface area contributed by atoms with Crippen molar-refractivity contribution in [2.24, 2.45) is 0 Å². The predicted molar refractivity (Wildman–Crippen MR) is 21.1 cm³/mol. The first kappa shape index (κ1) is 4.10. The van der Waals surface area contributed by atoms with Gasteiger partial charge in [0.15, 0.2) is 0 Å². The summed E-state index contributed by atoms with van der Waals surface area (Å²) in [6, 6.07) is 0. The Labute approximate surface area is 31.7 Å². The Morgan fingerprint density at radius 2 is 2.20 bits per heavy atom. The molecule has 1 heteroatoms. The number of hydrogen-bond donors (Lipinski definition) is 0. The Hall–Kier alpha value is -0.900. The monoisotopic (exact) mass is 66.0 g/mol. The van der Waals surface area contributed by atoms with Crippen molar-refractivity contribution in [2.45, 2.75) is 0 Å². The third kappa shape index (κ3) is 3.10. The average Bonchev–Trinajstić information content (AvgIpc) is 1.38. The van der Waals surface area contributed by atoms with Gasteiger partial charge in [0.05, 0.1) is 6.57 Å². The molecule has 0 aromatic carbocycles. The van der Waals surface area contributed by atoms with Gasteiger partial charge in [-0.15, -0.1) is 0 Å². The molecule has 0 amide bonds. The van der Waals surface area contributed by atoms with Crippen LogP contribution in [0.5, 0.6) is 0 Å². The zero-order valence-electron chi connectivity index (χ0n) is 2.86. The summed E-state index contributed by atoms with van der Waals surface area (Å²) in [5.74, 6) is 0. The molecule has 0 aliphatic heterocycles. The lowest BCUT2D eigenvalue weighted by Gasteiger charge is -1.52. The van der Waals surface area contributed by atoms with Crippen LogP contribution in [-0.2, 0) is 0 Å². The van der Waals surface area contributed by atoms with E-state index in [4.69, 9.17) is 6.57 Å². The van der Waals surface area contributed by atoms with Gasteiger partial charge in [-0.2, -0.15) is 4.85 Å². The molecule has 0 unspecified atom stereocenters. The molecule has 0 spiro atoms. The predicted octanol–water partition coefficient (Wildman–Crippen LogP) is 1.25. The Balaban J connectivity index is 3.35. The minimum absolute atomic E-state index is 0.296. The third-order valence-corrected chi connectivity index (χ3v) is 0.158. The van der Waals surface area contributed by atoms with Crippen LogP contribution in [0.3, 0.4) is 0 Å². The maximum Gasteiger partial charge on any atom is 0.324 e. The van der Waals surface area contributed by atoms with E-state index in [0.717, 1.165) is 0 Å². The van der Waals surface area contributed by atoms with Crippen molar-refractivity contribution in [3.8, 4) is 0 Å². The molecule has 0 aromatic heterocycles. The number of hydrogen-bond acceptors (Lipinski definition) is 0. The Morgan fingerprint density at radius 1 is 2.00 bits per heavy atom. The summed E-state index contributed by atoms with van der Waals surface area (Å²) in [6.45, 7) is 12.5. The van der Waals surface area contributed by atoms with E-state index in [1.54, 1.807) is 0 Å². The smallest absolute Gasteiger partial charge is 0.194 e. The third-order valence-electron chi connectivity index (χ3n) is 0.158. The van der Waals surface area contributed by atoms with Crippen molar-refractivity contribution in [3.63, 3.8) is 0 Å². The van der Waals surface area contributed by atoms with Crippen molar-refractivity contribution in [3.05, 3.63) is 30.6 Å². The van der Waals surface area contributed by atoms with Crippen LogP contribution in [0.2, 0.25) is 0 Å². The second-order valence-corrected chi connectivity index (χ2v) is 0.678. The molecule has 0 aliphatic rings. The molecule has 0 radical (unpaired) electrons. The summed E-state index contributed by atoms with van der Waals surface area (Å²) in [4.78, 5) is 2.83. The molecule has 0 saturated carbocycles. The van der Waals surface area contributed by atoms with E-state index in [1.807, 2.05) is 0 Å². The minimum atomic E-state index is 0.296. The first-order chi connectivity index (χ1) is 2.27. The van der Waals surface area contributed by atoms with Crippen LogP contribution in [0.4, 0.5) is 0 Å². The molecule has 0 N–H and O–H groups in total. The topological polar surface area (TPSA) is 4.36 Å². The van der Waals surface area contributed by atoms with Gasteiger partial charge >= 0.3 is 5.70 Å². The standard InChI is InChI=1S/C4H4N/c1-4(2)5-3/h1-2H2/q+1. The summed E-state index contributed by atoms with van der Waals surface area (Å²) < 4.78 is 0. The van der Waals surface area contributed by atoms with Gasteiger partial charge in [0.1, 0.15) is 0 Å². The summed E-state index contributed by atoms with van der Waals surface area (Å²) in [7, 11) is 0. The van der Waals surface area contributed by atoms with E-state index in [1.165, 1.54) is 0 Å². The number of rotatable bonds is 0. The molecule has 0 rings (SSSR count). The maximum atomic E-state index is 6.12. The molecular formula is C4H4N+. The van der Waals surface area contributed by atoms with E-state index in [9.17, 15) is 0 Å². The first-order valence-corrected chi connectivity index (χ1v) is 1.15. The fraction of sp³-hybridized carbons (Fsp3) is 0. The molecule has 0 saturated heterocycles. The fourth-order valence-corrected chi connectivity index (χ4v) is 0. The number of nitrogens with zero attached hydrogens (tertiary/aromatic N) is 1. The van der Waals surface area contributed by atoms with E-state index in [-0.39, 0.29) is 0 Å². The van der Waals surface area contributed by atoms with Crippen LogP contribution >= 0.6 is 0 Å². The lowest BCUT2D eigenvalue weighted by atomic mass is 10.6. The van der Waals surface area contributed by atoms with Crippen molar-refractivity contribution in [2.75, 3.05) is 0 Å². The molecule has 1 nitrogen and oxygen atoms in total. The molecule has 0 atom stereocenters. The van der Waals surface area contributed by atoms with E-state index in [2.05, 4.69) is 18.3 Å². The summed E-state index contributed by atoms with van der Waals surface area (Å²) >= 11 is 0. The summed E-state index contributed by atoms with van der Waals surface area (Å²) in [5, 5.41) is 0. The summed E-state index contributed by atoms with van der Waals surface area (Å²) in [5.41, 5.74) is 0.296. The number of allylic oxidation sites excluding steroid dienone is 1. The normalized spacial score (nSPS) is 5.40. The fourth-order valence-electron chi connectivity index (χ4n) is 0. The van der Waals surface area contributed by atoms with Crippen molar-refractivity contribution >= 4 is 0 Å². The second kappa shape index (κ2) is 1.42. The second-order valence-electron chi connectivity index (χ2n) is 0.678. The average molecular weight is 66.1 g/mol. The highest BCUT2D eigenvalue weighted by molar-refractivity contribution is 5.05. The molecule has 0 aliphatic carbocycles. The van der Waals surface area contributed by atoms with Gasteiger partial charge in [-0.25, -0.2) is 0 Å². The van der Waals surface area contributed by atoms with Crippen molar-refractivity contribution in [1.82, 2.24) is 0 Å². The first-order valence-electron chi connectivity index (χ1n) is 1.15. The Morgan fingerprint density at radius 3 is 2.20 bits per heavy atom. The van der Waals surface area contributed by atoms with Gasteiger partial charge in [-0.3, -0.25) is 0 Å². The van der Waals surface area contributed by atoms with Gasteiger partial charge in [0, 0.05) is 13.5 Å².